The Labute approximate surface area is 266 Å². The molecule has 9 heteroatoms. The van der Waals surface area contributed by atoms with Crippen LogP contribution in [0.5, 0.6) is 11.5 Å². The Hall–Kier alpha value is -4.16. The second-order valence-electron chi connectivity index (χ2n) is 11.9. The number of carbonyl (C=O) groups excluding carboxylic acids is 2. The van der Waals surface area contributed by atoms with Crippen molar-refractivity contribution in [3.8, 4) is 23.3 Å². The number of esters is 1. The van der Waals surface area contributed by atoms with Crippen molar-refractivity contribution in [3.63, 3.8) is 0 Å². The lowest BCUT2D eigenvalue weighted by Crippen LogP contribution is -2.22. The molecule has 0 saturated heterocycles. The first-order chi connectivity index (χ1) is 21.8. The lowest BCUT2D eigenvalue weighted by molar-refractivity contribution is -0.148. The number of Topliss-reactive ketones (excluding diaryl/α,β-unsaturated/α-hetero) is 1. The third-order valence-electron chi connectivity index (χ3n) is 8.53. The van der Waals surface area contributed by atoms with Gasteiger partial charge in [-0.15, -0.1) is 0 Å². The average Bonchev–Trinajstić information content (AvgIpc) is 3.46. The first kappa shape index (κ1) is 33.7. The number of methoxy groups -OCH3 is 1. The molecule has 0 amide bonds. The van der Waals surface area contributed by atoms with Crippen LogP contribution in [0.4, 0.5) is 5.82 Å². The molecule has 0 fully saturated rings. The number of nitrogens with zero attached hydrogens (tertiary/aromatic N) is 2. The smallest absolute Gasteiger partial charge is 0.302 e. The minimum Gasteiger partial charge on any atom is -0.504 e. The maximum Gasteiger partial charge on any atom is 0.302 e. The summed E-state index contributed by atoms with van der Waals surface area (Å²) in [5.41, 5.74) is 5.31. The van der Waals surface area contributed by atoms with Crippen molar-refractivity contribution in [2.24, 2.45) is 10.9 Å². The summed E-state index contributed by atoms with van der Waals surface area (Å²) in [6.07, 6.45) is 8.81. The van der Waals surface area contributed by atoms with Crippen molar-refractivity contribution in [1.82, 2.24) is 10.3 Å². The standard InChI is InChI=1S/C36H46N4O5/c1-5-25-9-11-33(45-24(2)41)20-32(42)18-27(29-17-31(21-37-3)36(43)34(19-29)44-4)7-6-13-39-35-16-26(12-14-40-35)8-10-28-22-38-23-30(28)15-25/h12,14,16-17,19,23,25,27,33,37,43H,5,8-11,13,15,18,20-22H2,1-4H3,(H,39,40). The zero-order chi connectivity index (χ0) is 32.2. The molecule has 0 spiro atoms. The van der Waals surface area contributed by atoms with Crippen LogP contribution in [0.2, 0.25) is 0 Å². The van der Waals surface area contributed by atoms with Gasteiger partial charge in [-0.3, -0.25) is 14.6 Å². The molecule has 3 atom stereocenters. The molecule has 0 radical (unpaired) electrons. The molecule has 0 saturated carbocycles. The highest BCUT2D eigenvalue weighted by molar-refractivity contribution is 5.82. The van der Waals surface area contributed by atoms with E-state index < -0.39 is 12.0 Å². The number of aryl methyl sites for hydroxylation is 1. The molecular weight excluding hydrogens is 568 g/mol. The molecule has 0 aliphatic carbocycles. The number of phenols is 1. The van der Waals surface area contributed by atoms with Gasteiger partial charge in [-0.05, 0) is 91.6 Å². The first-order valence-electron chi connectivity index (χ1n) is 15.9. The maximum atomic E-state index is 13.6. The van der Waals surface area contributed by atoms with Crippen LogP contribution in [0, 0.1) is 17.8 Å². The van der Waals surface area contributed by atoms with Crippen molar-refractivity contribution in [3.05, 3.63) is 58.3 Å². The fourth-order valence-corrected chi connectivity index (χ4v) is 6.04. The van der Waals surface area contributed by atoms with Crippen LogP contribution < -0.4 is 15.4 Å². The molecule has 2 bridgehead atoms. The van der Waals surface area contributed by atoms with Crippen LogP contribution in [0.3, 0.4) is 0 Å². The van der Waals surface area contributed by atoms with Gasteiger partial charge in [-0.25, -0.2) is 4.98 Å². The Balaban J connectivity index is 1.66. The Kier molecular flexibility index (Phi) is 12.6. The van der Waals surface area contributed by atoms with E-state index in [-0.39, 0.29) is 30.3 Å². The number of fused-ring (bicyclic) bond motifs is 2. The maximum absolute atomic E-state index is 13.6. The van der Waals surface area contributed by atoms with Crippen LogP contribution in [0.15, 0.2) is 46.6 Å². The summed E-state index contributed by atoms with van der Waals surface area (Å²) in [5, 5.41) is 17.0. The molecule has 9 nitrogen and oxygen atoms in total. The number of aromatic hydroxyl groups is 1. The van der Waals surface area contributed by atoms with E-state index in [2.05, 4.69) is 45.4 Å². The fraction of sp³-hybridized carbons (Fsp3) is 0.500. The highest BCUT2D eigenvalue weighted by Crippen LogP contribution is 2.35. The molecule has 2 aliphatic heterocycles. The average molecular weight is 615 g/mol. The molecule has 3 N–H and O–H groups in total. The van der Waals surface area contributed by atoms with Gasteiger partial charge in [-0.2, -0.15) is 0 Å². The number of nitrogens with one attached hydrogen (secondary N) is 2. The zero-order valence-electron chi connectivity index (χ0n) is 26.9. The van der Waals surface area contributed by atoms with Crippen molar-refractivity contribution in [2.45, 2.75) is 83.8 Å². The van der Waals surface area contributed by atoms with Crippen molar-refractivity contribution in [2.75, 3.05) is 32.6 Å². The van der Waals surface area contributed by atoms with E-state index in [1.807, 2.05) is 24.5 Å². The number of ether oxygens (including phenoxy) is 2. The quantitative estimate of drug-likeness (QED) is 0.287. The molecule has 240 valence electrons. The number of pyridine rings is 1. The predicted molar refractivity (Wildman–Crippen MR) is 177 cm³/mol. The molecule has 4 rings (SSSR count). The molecule has 1 aromatic carbocycles. The first-order valence-corrected chi connectivity index (χ1v) is 15.9. The van der Waals surface area contributed by atoms with Crippen LogP contribution in [-0.2, 0) is 27.3 Å². The van der Waals surface area contributed by atoms with E-state index in [9.17, 15) is 14.7 Å². The molecule has 2 aliphatic rings. The molecule has 1 aromatic heterocycles. The second kappa shape index (κ2) is 16.8. The summed E-state index contributed by atoms with van der Waals surface area (Å²) >= 11 is 0. The van der Waals surface area contributed by atoms with Gasteiger partial charge in [0.2, 0.25) is 0 Å². The third kappa shape index (κ3) is 9.92. The van der Waals surface area contributed by atoms with Gasteiger partial charge in [0, 0.05) is 44.3 Å². The van der Waals surface area contributed by atoms with E-state index in [1.54, 1.807) is 13.1 Å². The van der Waals surface area contributed by atoms with E-state index in [0.717, 1.165) is 50.0 Å². The summed E-state index contributed by atoms with van der Waals surface area (Å²) in [4.78, 5) is 34.7. The third-order valence-corrected chi connectivity index (χ3v) is 8.53. The van der Waals surface area contributed by atoms with E-state index in [1.165, 1.54) is 30.7 Å². The normalized spacial score (nSPS) is 21.2. The molecule has 3 unspecified atom stereocenters. The molecule has 3 heterocycles. The Morgan fingerprint density at radius 1 is 1.18 bits per heavy atom. The van der Waals surface area contributed by atoms with Gasteiger partial charge in [-0.1, -0.05) is 25.2 Å². The van der Waals surface area contributed by atoms with Crippen molar-refractivity contribution in [1.29, 1.82) is 0 Å². The topological polar surface area (TPSA) is 122 Å². The van der Waals surface area contributed by atoms with Crippen molar-refractivity contribution < 1.29 is 24.2 Å². The van der Waals surface area contributed by atoms with E-state index in [4.69, 9.17) is 9.47 Å². The summed E-state index contributed by atoms with van der Waals surface area (Å²) < 4.78 is 11.1. The lowest BCUT2D eigenvalue weighted by atomic mass is 9.87. The van der Waals surface area contributed by atoms with Gasteiger partial charge in [0.05, 0.1) is 26.1 Å². The summed E-state index contributed by atoms with van der Waals surface area (Å²) in [6, 6.07) is 7.72. The zero-order valence-corrected chi connectivity index (χ0v) is 26.9. The highest BCUT2D eigenvalue weighted by Gasteiger charge is 2.24. The summed E-state index contributed by atoms with van der Waals surface area (Å²) in [5.74, 6) is 7.12. The minimum absolute atomic E-state index is 0.0412. The molecule has 2 aromatic rings. The van der Waals surface area contributed by atoms with Crippen LogP contribution >= 0.6 is 0 Å². The number of hydrogen-bond donors (Lipinski definition) is 3. The second-order valence-corrected chi connectivity index (χ2v) is 11.9. The van der Waals surface area contributed by atoms with Crippen molar-refractivity contribution >= 4 is 23.8 Å². The predicted octanol–water partition coefficient (Wildman–Crippen LogP) is 5.52. The lowest BCUT2D eigenvalue weighted by Gasteiger charge is -2.22. The van der Waals surface area contributed by atoms with Gasteiger partial charge >= 0.3 is 5.97 Å². The Morgan fingerprint density at radius 2 is 2.02 bits per heavy atom. The van der Waals surface area contributed by atoms with Gasteiger partial charge < -0.3 is 25.2 Å². The number of aliphatic imine (C=N–C) groups is 1. The van der Waals surface area contributed by atoms with Crippen LogP contribution in [-0.4, -0.2) is 61.4 Å². The summed E-state index contributed by atoms with van der Waals surface area (Å²) in [6.45, 7) is 5.09. The number of aromatic nitrogens is 1. The van der Waals surface area contributed by atoms with Gasteiger partial charge in [0.25, 0.3) is 0 Å². The Bertz CT molecular complexity index is 1470. The fourth-order valence-electron chi connectivity index (χ4n) is 6.04. The molecular formula is C36H46N4O5. The Morgan fingerprint density at radius 3 is 2.78 bits per heavy atom. The number of allylic oxidation sites excluding steroid dienone is 1. The number of benzene rings is 1. The van der Waals surface area contributed by atoms with Gasteiger partial charge in [0.15, 0.2) is 11.5 Å². The van der Waals surface area contributed by atoms with Crippen LogP contribution in [0.25, 0.3) is 0 Å². The van der Waals surface area contributed by atoms with E-state index >= 15 is 0 Å². The number of anilines is 1. The minimum atomic E-state index is -0.499. The molecule has 45 heavy (non-hydrogen) atoms. The summed E-state index contributed by atoms with van der Waals surface area (Å²) in [7, 11) is 3.30. The van der Waals surface area contributed by atoms with E-state index in [0.29, 0.717) is 36.7 Å². The largest absolute Gasteiger partial charge is 0.504 e. The number of ketones is 1. The van der Waals surface area contributed by atoms with Gasteiger partial charge in [0.1, 0.15) is 17.7 Å². The number of hydrogen-bond acceptors (Lipinski definition) is 9. The number of phenolic OH excluding ortho intramolecular Hbond substituents is 1. The SMILES string of the molecule is CCC1CCC(OC(C)=O)CC(=O)CC(c2cc(CNC)c(O)c(OC)c2)C#CCNc2cc(ccn2)CCC2=C(C=NC2)C1. The monoisotopic (exact) mass is 614 g/mol. The number of carbonyl (C=O) groups is 2. The highest BCUT2D eigenvalue weighted by atomic mass is 16.5. The number of rotatable bonds is 6. The van der Waals surface area contributed by atoms with Crippen LogP contribution in [0.1, 0.15) is 81.4 Å².